The van der Waals surface area contributed by atoms with Crippen LogP contribution < -0.4 is 5.32 Å². The predicted octanol–water partition coefficient (Wildman–Crippen LogP) is 0.558. The lowest BCUT2D eigenvalue weighted by molar-refractivity contribution is 0.464. The van der Waals surface area contributed by atoms with E-state index in [1.54, 1.807) is 7.05 Å². The van der Waals surface area contributed by atoms with Crippen LogP contribution in [0, 0.1) is 0 Å². The van der Waals surface area contributed by atoms with Gasteiger partial charge in [-0.25, -0.2) is 8.42 Å². The molecular formula is C10H15NO3S. The molecule has 1 aromatic carbocycles. The highest BCUT2D eigenvalue weighted by molar-refractivity contribution is 7.90. The molecule has 0 bridgehead atoms. The largest absolute Gasteiger partial charge is 0.508 e. The number of hydrogen-bond acceptors (Lipinski definition) is 4. The first-order chi connectivity index (χ1) is 6.96. The van der Waals surface area contributed by atoms with E-state index in [-0.39, 0.29) is 10.6 Å². The van der Waals surface area contributed by atoms with Crippen LogP contribution in [0.25, 0.3) is 0 Å². The summed E-state index contributed by atoms with van der Waals surface area (Å²) in [5.41, 5.74) is 0.481. The maximum Gasteiger partial charge on any atom is 0.175 e. The number of benzene rings is 1. The summed E-state index contributed by atoms with van der Waals surface area (Å²) in [6, 6.07) is 4.55. The van der Waals surface area contributed by atoms with Gasteiger partial charge in [-0.1, -0.05) is 6.07 Å². The number of likely N-dealkylation sites (N-methyl/N-ethyl adjacent to an activating group) is 1. The van der Waals surface area contributed by atoms with Gasteiger partial charge in [-0.15, -0.1) is 0 Å². The van der Waals surface area contributed by atoms with Gasteiger partial charge in [-0.05, 0) is 32.1 Å². The Balaban J connectivity index is 3.21. The van der Waals surface area contributed by atoms with Gasteiger partial charge in [0.1, 0.15) is 5.75 Å². The number of rotatable bonds is 4. The minimum Gasteiger partial charge on any atom is -0.508 e. The third-order valence-electron chi connectivity index (χ3n) is 2.13. The Hall–Kier alpha value is -1.07. The van der Waals surface area contributed by atoms with Crippen LogP contribution in [0.1, 0.15) is 5.56 Å². The van der Waals surface area contributed by atoms with Crippen molar-refractivity contribution in [2.45, 2.75) is 11.3 Å². The van der Waals surface area contributed by atoms with Crippen molar-refractivity contribution in [1.82, 2.24) is 5.32 Å². The number of hydrogen-bond donors (Lipinski definition) is 2. The van der Waals surface area contributed by atoms with Gasteiger partial charge in [-0.3, -0.25) is 0 Å². The second kappa shape index (κ2) is 4.63. The van der Waals surface area contributed by atoms with Gasteiger partial charge in [0, 0.05) is 11.8 Å². The lowest BCUT2D eigenvalue weighted by atomic mass is 10.1. The van der Waals surface area contributed by atoms with Crippen LogP contribution in [-0.4, -0.2) is 33.4 Å². The molecule has 0 unspecified atom stereocenters. The summed E-state index contributed by atoms with van der Waals surface area (Å²) in [7, 11) is -1.50. The predicted molar refractivity (Wildman–Crippen MR) is 58.8 cm³/mol. The molecule has 4 nitrogen and oxygen atoms in total. The molecular weight excluding hydrogens is 214 g/mol. The Morgan fingerprint density at radius 1 is 1.40 bits per heavy atom. The molecule has 0 aromatic heterocycles. The third kappa shape index (κ3) is 2.94. The number of phenolic OH excluding ortho intramolecular Hbond substituents is 1. The fourth-order valence-corrected chi connectivity index (χ4v) is 2.38. The Morgan fingerprint density at radius 2 is 2.07 bits per heavy atom. The zero-order valence-electron chi connectivity index (χ0n) is 8.82. The van der Waals surface area contributed by atoms with Crippen molar-refractivity contribution in [3.8, 4) is 5.75 Å². The average Bonchev–Trinajstić information content (AvgIpc) is 2.14. The Labute approximate surface area is 89.9 Å². The third-order valence-corrected chi connectivity index (χ3v) is 3.31. The molecule has 0 aliphatic carbocycles. The molecule has 0 radical (unpaired) electrons. The number of nitrogens with one attached hydrogen (secondary N) is 1. The minimum atomic E-state index is -3.27. The molecule has 0 atom stereocenters. The smallest absolute Gasteiger partial charge is 0.175 e. The van der Waals surface area contributed by atoms with Gasteiger partial charge in [0.05, 0.1) is 4.90 Å². The summed E-state index contributed by atoms with van der Waals surface area (Å²) in [6.45, 7) is 0.625. The van der Waals surface area contributed by atoms with Crippen molar-refractivity contribution in [2.24, 2.45) is 0 Å². The summed E-state index contributed by atoms with van der Waals surface area (Å²) in [5.74, 6) is 0.0353. The van der Waals surface area contributed by atoms with Gasteiger partial charge < -0.3 is 10.4 Å². The summed E-state index contributed by atoms with van der Waals surface area (Å²) in [4.78, 5) is 0.206. The zero-order chi connectivity index (χ0) is 11.5. The topological polar surface area (TPSA) is 66.4 Å². The summed E-state index contributed by atoms with van der Waals surface area (Å²) >= 11 is 0. The van der Waals surface area contributed by atoms with Gasteiger partial charge in [0.15, 0.2) is 9.84 Å². The molecule has 0 fully saturated rings. The number of sulfone groups is 1. The Kier molecular flexibility index (Phi) is 3.71. The van der Waals surface area contributed by atoms with Crippen LogP contribution >= 0.6 is 0 Å². The molecule has 2 N–H and O–H groups in total. The molecule has 84 valence electrons. The molecule has 0 aliphatic rings. The number of aromatic hydroxyl groups is 1. The lowest BCUT2D eigenvalue weighted by Crippen LogP contribution is -2.13. The van der Waals surface area contributed by atoms with Crippen molar-refractivity contribution >= 4 is 9.84 Å². The van der Waals surface area contributed by atoms with E-state index < -0.39 is 9.84 Å². The summed E-state index contributed by atoms with van der Waals surface area (Å²) in [5, 5.41) is 12.5. The van der Waals surface area contributed by atoms with E-state index in [0.29, 0.717) is 18.5 Å². The van der Waals surface area contributed by atoms with E-state index in [2.05, 4.69) is 5.32 Å². The molecule has 0 saturated heterocycles. The van der Waals surface area contributed by atoms with E-state index in [4.69, 9.17) is 0 Å². The molecule has 5 heteroatoms. The first-order valence-electron chi connectivity index (χ1n) is 4.62. The molecule has 0 aliphatic heterocycles. The maximum absolute atomic E-state index is 11.4. The Morgan fingerprint density at radius 3 is 2.60 bits per heavy atom. The molecule has 15 heavy (non-hydrogen) atoms. The standard InChI is InChI=1S/C10H15NO3S/c1-11-7-6-8-9(12)4-3-5-10(8)15(2,13)14/h3-5,11-12H,6-7H2,1-2H3. The van der Waals surface area contributed by atoms with E-state index in [1.807, 2.05) is 0 Å². The second-order valence-corrected chi connectivity index (χ2v) is 5.36. The van der Waals surface area contributed by atoms with Crippen molar-refractivity contribution in [1.29, 1.82) is 0 Å². The van der Waals surface area contributed by atoms with Crippen molar-refractivity contribution in [3.05, 3.63) is 23.8 Å². The van der Waals surface area contributed by atoms with Gasteiger partial charge in [-0.2, -0.15) is 0 Å². The van der Waals surface area contributed by atoms with Crippen molar-refractivity contribution < 1.29 is 13.5 Å². The van der Waals surface area contributed by atoms with Crippen LogP contribution in [0.2, 0.25) is 0 Å². The van der Waals surface area contributed by atoms with Crippen LogP contribution in [0.3, 0.4) is 0 Å². The van der Waals surface area contributed by atoms with E-state index in [0.717, 1.165) is 6.26 Å². The SMILES string of the molecule is CNCCc1c(O)cccc1S(C)(=O)=O. The molecule has 0 heterocycles. The van der Waals surface area contributed by atoms with Crippen LogP contribution in [0.15, 0.2) is 23.1 Å². The van der Waals surface area contributed by atoms with Gasteiger partial charge >= 0.3 is 0 Å². The molecule has 0 amide bonds. The first-order valence-corrected chi connectivity index (χ1v) is 6.51. The number of phenols is 1. The van der Waals surface area contributed by atoms with E-state index in [9.17, 15) is 13.5 Å². The highest BCUT2D eigenvalue weighted by atomic mass is 32.2. The van der Waals surface area contributed by atoms with Crippen LogP contribution in [0.4, 0.5) is 0 Å². The molecule has 0 spiro atoms. The lowest BCUT2D eigenvalue weighted by Gasteiger charge is -2.09. The van der Waals surface area contributed by atoms with Crippen molar-refractivity contribution in [2.75, 3.05) is 19.8 Å². The highest BCUT2D eigenvalue weighted by Gasteiger charge is 2.15. The van der Waals surface area contributed by atoms with Crippen molar-refractivity contribution in [3.63, 3.8) is 0 Å². The van der Waals surface area contributed by atoms with E-state index in [1.165, 1.54) is 18.2 Å². The van der Waals surface area contributed by atoms with E-state index >= 15 is 0 Å². The summed E-state index contributed by atoms with van der Waals surface area (Å²) in [6.07, 6.45) is 1.64. The first kappa shape index (κ1) is 12.0. The van der Waals surface area contributed by atoms with Gasteiger partial charge in [0.2, 0.25) is 0 Å². The Bertz CT molecular complexity index is 440. The fourth-order valence-electron chi connectivity index (χ4n) is 1.40. The monoisotopic (exact) mass is 229 g/mol. The van der Waals surface area contributed by atoms with Crippen LogP contribution in [-0.2, 0) is 16.3 Å². The zero-order valence-corrected chi connectivity index (χ0v) is 9.63. The molecule has 0 saturated carbocycles. The van der Waals surface area contributed by atoms with Gasteiger partial charge in [0.25, 0.3) is 0 Å². The highest BCUT2D eigenvalue weighted by Crippen LogP contribution is 2.24. The normalized spacial score (nSPS) is 11.6. The minimum absolute atomic E-state index is 0.0353. The van der Waals surface area contributed by atoms with Crippen LogP contribution in [0.5, 0.6) is 5.75 Å². The molecule has 1 aromatic rings. The summed E-state index contributed by atoms with van der Waals surface area (Å²) < 4.78 is 22.9. The maximum atomic E-state index is 11.4. The second-order valence-electron chi connectivity index (χ2n) is 3.38. The molecule has 1 rings (SSSR count). The quantitative estimate of drug-likeness (QED) is 0.791. The fraction of sp³-hybridized carbons (Fsp3) is 0.400. The average molecular weight is 229 g/mol.